The standard InChI is InChI=1S/C18H23N3O4/c1-20-16(23)12-14(17(24)25)18(20)6-10-21(11-7-18)15(22)3-2-13-4-8-19-9-5-13/h4-5,8-9,14H,2-3,6-7,10-12H2,1H3,(H,24,25). The smallest absolute Gasteiger partial charge is 0.309 e. The average Bonchev–Trinajstić information content (AvgIpc) is 2.86. The molecule has 2 aliphatic rings. The molecular formula is C18H23N3O4. The third kappa shape index (κ3) is 3.23. The molecule has 7 nitrogen and oxygen atoms in total. The van der Waals surface area contributed by atoms with Gasteiger partial charge in [0.1, 0.15) is 0 Å². The topological polar surface area (TPSA) is 90.8 Å². The van der Waals surface area contributed by atoms with Crippen LogP contribution in [0.1, 0.15) is 31.2 Å². The van der Waals surface area contributed by atoms with Gasteiger partial charge in [-0.15, -0.1) is 0 Å². The van der Waals surface area contributed by atoms with Crippen LogP contribution < -0.4 is 0 Å². The van der Waals surface area contributed by atoms with Crippen LogP contribution in [0.2, 0.25) is 0 Å². The second-order valence-electron chi connectivity index (χ2n) is 6.89. The van der Waals surface area contributed by atoms with Crippen LogP contribution >= 0.6 is 0 Å². The van der Waals surface area contributed by atoms with Crippen molar-refractivity contribution in [2.45, 2.75) is 37.6 Å². The Kier molecular flexibility index (Phi) is 4.74. The van der Waals surface area contributed by atoms with Crippen LogP contribution in [0.4, 0.5) is 0 Å². The van der Waals surface area contributed by atoms with Crippen molar-refractivity contribution < 1.29 is 19.5 Å². The highest BCUT2D eigenvalue weighted by Crippen LogP contribution is 2.42. The molecule has 2 aliphatic heterocycles. The Morgan fingerprint density at radius 1 is 1.28 bits per heavy atom. The van der Waals surface area contributed by atoms with Crippen LogP contribution in [0, 0.1) is 5.92 Å². The number of aromatic nitrogens is 1. The fraction of sp³-hybridized carbons (Fsp3) is 0.556. The first-order chi connectivity index (χ1) is 11.9. The second-order valence-corrected chi connectivity index (χ2v) is 6.89. The summed E-state index contributed by atoms with van der Waals surface area (Å²) >= 11 is 0. The number of carbonyl (C=O) groups excluding carboxylic acids is 2. The highest BCUT2D eigenvalue weighted by Gasteiger charge is 2.55. The second kappa shape index (κ2) is 6.82. The number of carboxylic acid groups (broad SMARTS) is 1. The third-order valence-corrected chi connectivity index (χ3v) is 5.73. The lowest BCUT2D eigenvalue weighted by Crippen LogP contribution is -2.57. The van der Waals surface area contributed by atoms with Gasteiger partial charge in [-0.05, 0) is 37.0 Å². The Morgan fingerprint density at radius 2 is 1.92 bits per heavy atom. The first-order valence-corrected chi connectivity index (χ1v) is 8.60. The Bertz CT molecular complexity index is 668. The quantitative estimate of drug-likeness (QED) is 0.877. The molecular weight excluding hydrogens is 322 g/mol. The minimum absolute atomic E-state index is 0.0574. The Morgan fingerprint density at radius 3 is 2.52 bits per heavy atom. The number of nitrogens with zero attached hydrogens (tertiary/aromatic N) is 3. The minimum atomic E-state index is -0.921. The molecule has 0 aromatic carbocycles. The molecule has 3 rings (SSSR count). The zero-order valence-electron chi connectivity index (χ0n) is 14.4. The van der Waals surface area contributed by atoms with E-state index in [4.69, 9.17) is 0 Å². The van der Waals surface area contributed by atoms with Crippen LogP contribution in [0.15, 0.2) is 24.5 Å². The summed E-state index contributed by atoms with van der Waals surface area (Å²) in [6.07, 6.45) is 5.61. The highest BCUT2D eigenvalue weighted by molar-refractivity contribution is 5.88. The average molecular weight is 345 g/mol. The molecule has 2 amide bonds. The first kappa shape index (κ1) is 17.4. The van der Waals surface area contributed by atoms with Crippen LogP contribution in [0.5, 0.6) is 0 Å². The fourth-order valence-electron chi connectivity index (χ4n) is 4.09. The molecule has 0 aliphatic carbocycles. The maximum absolute atomic E-state index is 12.4. The SMILES string of the molecule is CN1C(=O)CC(C(=O)O)C12CCN(C(=O)CCc1ccncc1)CC2. The molecule has 2 saturated heterocycles. The van der Waals surface area contributed by atoms with E-state index in [1.165, 1.54) is 0 Å². The van der Waals surface area contributed by atoms with Crippen molar-refractivity contribution in [3.05, 3.63) is 30.1 Å². The molecule has 1 N–H and O–H groups in total. The van der Waals surface area contributed by atoms with Crippen molar-refractivity contribution >= 4 is 17.8 Å². The number of rotatable bonds is 4. The van der Waals surface area contributed by atoms with E-state index < -0.39 is 17.4 Å². The molecule has 1 aromatic rings. The van der Waals surface area contributed by atoms with Gasteiger partial charge in [-0.3, -0.25) is 19.4 Å². The summed E-state index contributed by atoms with van der Waals surface area (Å²) in [6, 6.07) is 3.80. The molecule has 25 heavy (non-hydrogen) atoms. The summed E-state index contributed by atoms with van der Waals surface area (Å²) in [7, 11) is 1.69. The van der Waals surface area contributed by atoms with E-state index in [9.17, 15) is 19.5 Å². The van der Waals surface area contributed by atoms with Crippen molar-refractivity contribution in [2.75, 3.05) is 20.1 Å². The van der Waals surface area contributed by atoms with E-state index in [2.05, 4.69) is 4.98 Å². The van der Waals surface area contributed by atoms with Crippen LogP contribution in [0.3, 0.4) is 0 Å². The summed E-state index contributed by atoms with van der Waals surface area (Å²) in [5.41, 5.74) is 0.425. The van der Waals surface area contributed by atoms with Gasteiger partial charge in [0.05, 0.1) is 11.5 Å². The maximum atomic E-state index is 12.4. The van der Waals surface area contributed by atoms with E-state index in [0.29, 0.717) is 38.8 Å². The lowest BCUT2D eigenvalue weighted by molar-refractivity contribution is -0.147. The number of aryl methyl sites for hydroxylation is 1. The number of aliphatic carboxylic acids is 1. The monoisotopic (exact) mass is 345 g/mol. The number of amides is 2. The van der Waals surface area contributed by atoms with Gasteiger partial charge in [-0.1, -0.05) is 0 Å². The van der Waals surface area contributed by atoms with E-state index in [1.54, 1.807) is 29.2 Å². The van der Waals surface area contributed by atoms with Gasteiger partial charge in [-0.25, -0.2) is 0 Å². The van der Waals surface area contributed by atoms with E-state index >= 15 is 0 Å². The van der Waals surface area contributed by atoms with Crippen molar-refractivity contribution in [2.24, 2.45) is 5.92 Å². The summed E-state index contributed by atoms with van der Waals surface area (Å²) in [4.78, 5) is 43.4. The fourth-order valence-corrected chi connectivity index (χ4v) is 4.09. The maximum Gasteiger partial charge on any atom is 0.309 e. The normalized spacial score (nSPS) is 22.4. The zero-order valence-corrected chi connectivity index (χ0v) is 14.4. The van der Waals surface area contributed by atoms with Crippen molar-refractivity contribution in [1.82, 2.24) is 14.8 Å². The molecule has 2 fully saturated rings. The number of carboxylic acids is 1. The van der Waals surface area contributed by atoms with Gasteiger partial charge >= 0.3 is 5.97 Å². The van der Waals surface area contributed by atoms with Crippen LogP contribution in [-0.2, 0) is 20.8 Å². The molecule has 1 spiro atoms. The number of hydrogen-bond donors (Lipinski definition) is 1. The molecule has 1 aromatic heterocycles. The van der Waals surface area contributed by atoms with Crippen molar-refractivity contribution in [3.8, 4) is 0 Å². The lowest BCUT2D eigenvalue weighted by atomic mass is 9.77. The van der Waals surface area contributed by atoms with Crippen molar-refractivity contribution in [3.63, 3.8) is 0 Å². The predicted molar refractivity (Wildman–Crippen MR) is 89.6 cm³/mol. The van der Waals surface area contributed by atoms with Gasteiger partial charge in [0.25, 0.3) is 0 Å². The molecule has 3 heterocycles. The van der Waals surface area contributed by atoms with Gasteiger partial charge in [0.15, 0.2) is 0 Å². The summed E-state index contributed by atoms with van der Waals surface area (Å²) in [5, 5.41) is 9.49. The first-order valence-electron chi connectivity index (χ1n) is 8.60. The molecule has 1 unspecified atom stereocenters. The molecule has 1 atom stereocenters. The Labute approximate surface area is 146 Å². The summed E-state index contributed by atoms with van der Waals surface area (Å²) < 4.78 is 0. The summed E-state index contributed by atoms with van der Waals surface area (Å²) in [5.74, 6) is -1.65. The molecule has 7 heteroatoms. The number of carbonyl (C=O) groups is 3. The minimum Gasteiger partial charge on any atom is -0.481 e. The molecule has 134 valence electrons. The summed E-state index contributed by atoms with van der Waals surface area (Å²) in [6.45, 7) is 0.993. The third-order valence-electron chi connectivity index (χ3n) is 5.73. The number of likely N-dealkylation sites (tertiary alicyclic amines) is 2. The Hall–Kier alpha value is -2.44. The molecule has 0 radical (unpaired) electrons. The number of hydrogen-bond acceptors (Lipinski definition) is 4. The van der Waals surface area contributed by atoms with Gasteiger partial charge < -0.3 is 14.9 Å². The Balaban J connectivity index is 1.60. The predicted octanol–water partition coefficient (Wildman–Crippen LogP) is 0.938. The van der Waals surface area contributed by atoms with Crippen LogP contribution in [0.25, 0.3) is 0 Å². The largest absolute Gasteiger partial charge is 0.481 e. The van der Waals surface area contributed by atoms with Crippen molar-refractivity contribution in [1.29, 1.82) is 0 Å². The van der Waals surface area contributed by atoms with Gasteiger partial charge in [0.2, 0.25) is 11.8 Å². The van der Waals surface area contributed by atoms with E-state index in [1.807, 2.05) is 12.1 Å². The van der Waals surface area contributed by atoms with Gasteiger partial charge in [-0.2, -0.15) is 0 Å². The molecule has 0 saturated carbocycles. The lowest BCUT2D eigenvalue weighted by Gasteiger charge is -2.45. The zero-order chi connectivity index (χ0) is 18.0. The van der Waals surface area contributed by atoms with Crippen LogP contribution in [-0.4, -0.2) is 63.4 Å². The number of piperidine rings is 1. The van der Waals surface area contributed by atoms with E-state index in [-0.39, 0.29) is 18.2 Å². The highest BCUT2D eigenvalue weighted by atomic mass is 16.4. The number of pyridine rings is 1. The van der Waals surface area contributed by atoms with E-state index in [0.717, 1.165) is 5.56 Å². The molecule has 0 bridgehead atoms. The van der Waals surface area contributed by atoms with Gasteiger partial charge in [0, 0.05) is 45.4 Å².